The molecule has 0 aliphatic rings. The summed E-state index contributed by atoms with van der Waals surface area (Å²) in [4.78, 5) is 0. The van der Waals surface area contributed by atoms with Crippen LogP contribution in [0.2, 0.25) is 0 Å². The summed E-state index contributed by atoms with van der Waals surface area (Å²) in [6, 6.07) is 16.3. The van der Waals surface area contributed by atoms with E-state index in [2.05, 4.69) is 49.4 Å². The second-order valence-corrected chi connectivity index (χ2v) is 3.11. The van der Waals surface area contributed by atoms with Crippen molar-refractivity contribution in [2.24, 2.45) is 0 Å². The van der Waals surface area contributed by atoms with E-state index < -0.39 is 0 Å². The van der Waals surface area contributed by atoms with Crippen LogP contribution >= 0.6 is 0 Å². The first-order chi connectivity index (χ1) is 7.29. The molecule has 0 aliphatic heterocycles. The topological polar surface area (TPSA) is 44.0 Å². The standard InChI is InChI=1S/C11H10.C2H3NO/c1-9-5-4-7-10-6-2-3-8-11(9)10;3-1-2-4/h2-8H,1H3;4H,2H2. The third-order valence-corrected chi connectivity index (χ3v) is 2.08. The molecule has 0 atom stereocenters. The predicted molar refractivity (Wildman–Crippen MR) is 61.4 cm³/mol. The minimum absolute atomic E-state index is 0.375. The summed E-state index contributed by atoms with van der Waals surface area (Å²) >= 11 is 0. The number of rotatable bonds is 0. The van der Waals surface area contributed by atoms with Crippen molar-refractivity contribution < 1.29 is 5.11 Å². The molecule has 2 nitrogen and oxygen atoms in total. The number of hydrogen-bond donors (Lipinski definition) is 1. The second-order valence-electron chi connectivity index (χ2n) is 3.11. The number of hydrogen-bond acceptors (Lipinski definition) is 2. The third-order valence-electron chi connectivity index (χ3n) is 2.08. The smallest absolute Gasteiger partial charge is 0.130 e. The maximum absolute atomic E-state index is 7.51. The van der Waals surface area contributed by atoms with Crippen molar-refractivity contribution >= 4 is 10.8 Å². The van der Waals surface area contributed by atoms with Crippen molar-refractivity contribution in [3.8, 4) is 6.07 Å². The Morgan fingerprint density at radius 2 is 1.73 bits per heavy atom. The first-order valence-corrected chi connectivity index (χ1v) is 4.71. The fourth-order valence-corrected chi connectivity index (χ4v) is 1.39. The Kier molecular flexibility index (Phi) is 4.33. The van der Waals surface area contributed by atoms with Gasteiger partial charge in [-0.15, -0.1) is 0 Å². The Morgan fingerprint density at radius 1 is 1.13 bits per heavy atom. The van der Waals surface area contributed by atoms with Crippen molar-refractivity contribution in [1.82, 2.24) is 0 Å². The van der Waals surface area contributed by atoms with Gasteiger partial charge in [0.1, 0.15) is 6.61 Å². The van der Waals surface area contributed by atoms with Crippen molar-refractivity contribution in [2.75, 3.05) is 6.61 Å². The van der Waals surface area contributed by atoms with Crippen LogP contribution in [-0.4, -0.2) is 11.7 Å². The highest BCUT2D eigenvalue weighted by molar-refractivity contribution is 5.85. The largest absolute Gasteiger partial charge is 0.381 e. The van der Waals surface area contributed by atoms with E-state index in [9.17, 15) is 0 Å². The Labute approximate surface area is 89.4 Å². The van der Waals surface area contributed by atoms with E-state index in [0.717, 1.165) is 0 Å². The van der Waals surface area contributed by atoms with Crippen LogP contribution in [0.4, 0.5) is 0 Å². The van der Waals surface area contributed by atoms with Crippen LogP contribution < -0.4 is 0 Å². The van der Waals surface area contributed by atoms with Gasteiger partial charge in [0.05, 0.1) is 6.07 Å². The highest BCUT2D eigenvalue weighted by atomic mass is 16.2. The maximum atomic E-state index is 7.51. The molecule has 0 bridgehead atoms. The molecule has 0 amide bonds. The summed E-state index contributed by atoms with van der Waals surface area (Å²) in [7, 11) is 0. The van der Waals surface area contributed by atoms with E-state index in [0.29, 0.717) is 0 Å². The molecule has 0 unspecified atom stereocenters. The quantitative estimate of drug-likeness (QED) is 0.663. The number of aliphatic hydroxyl groups excluding tert-OH is 1. The van der Waals surface area contributed by atoms with Crippen LogP contribution in [0, 0.1) is 18.3 Å². The normalized spacial score (nSPS) is 8.87. The molecule has 0 radical (unpaired) electrons. The number of nitrogens with zero attached hydrogens (tertiary/aromatic N) is 1. The van der Waals surface area contributed by atoms with E-state index >= 15 is 0 Å². The molecule has 2 rings (SSSR count). The van der Waals surface area contributed by atoms with Gasteiger partial charge in [-0.1, -0.05) is 42.5 Å². The number of fused-ring (bicyclic) bond motifs is 1. The second kappa shape index (κ2) is 5.79. The summed E-state index contributed by atoms with van der Waals surface area (Å²) in [5, 5.41) is 17.6. The molecule has 76 valence electrons. The third kappa shape index (κ3) is 3.08. The lowest BCUT2D eigenvalue weighted by Crippen LogP contribution is -1.75. The minimum Gasteiger partial charge on any atom is -0.381 e. The van der Waals surface area contributed by atoms with Crippen molar-refractivity contribution in [3.63, 3.8) is 0 Å². The van der Waals surface area contributed by atoms with Gasteiger partial charge in [-0.25, -0.2) is 0 Å². The number of aliphatic hydroxyl groups is 1. The van der Waals surface area contributed by atoms with Gasteiger partial charge in [0.15, 0.2) is 0 Å². The number of benzene rings is 2. The van der Waals surface area contributed by atoms with E-state index in [1.807, 2.05) is 0 Å². The van der Waals surface area contributed by atoms with Crippen molar-refractivity contribution in [1.29, 1.82) is 5.26 Å². The Hall–Kier alpha value is -1.85. The molecule has 0 spiro atoms. The molecule has 2 aromatic carbocycles. The lowest BCUT2D eigenvalue weighted by Gasteiger charge is -1.98. The van der Waals surface area contributed by atoms with E-state index in [1.54, 1.807) is 0 Å². The molecule has 15 heavy (non-hydrogen) atoms. The Morgan fingerprint density at radius 3 is 2.33 bits per heavy atom. The minimum atomic E-state index is -0.375. The predicted octanol–water partition coefficient (Wildman–Crippen LogP) is 2.65. The highest BCUT2D eigenvalue weighted by Gasteiger charge is 1.92. The van der Waals surface area contributed by atoms with Crippen LogP contribution in [-0.2, 0) is 0 Å². The van der Waals surface area contributed by atoms with Gasteiger partial charge in [0.2, 0.25) is 0 Å². The van der Waals surface area contributed by atoms with E-state index in [1.165, 1.54) is 22.4 Å². The average molecular weight is 199 g/mol. The van der Waals surface area contributed by atoms with Crippen molar-refractivity contribution in [2.45, 2.75) is 6.92 Å². The molecule has 0 aliphatic carbocycles. The van der Waals surface area contributed by atoms with E-state index in [4.69, 9.17) is 10.4 Å². The van der Waals surface area contributed by atoms with Crippen LogP contribution in [0.3, 0.4) is 0 Å². The zero-order valence-corrected chi connectivity index (χ0v) is 8.64. The summed E-state index contributed by atoms with van der Waals surface area (Å²) in [6.07, 6.45) is 0. The number of aryl methyl sites for hydroxylation is 1. The van der Waals surface area contributed by atoms with Crippen LogP contribution in [0.1, 0.15) is 5.56 Å². The molecule has 0 aromatic heterocycles. The van der Waals surface area contributed by atoms with Gasteiger partial charge in [0.25, 0.3) is 0 Å². The zero-order chi connectivity index (χ0) is 11.1. The Balaban J connectivity index is 0.000000245. The van der Waals surface area contributed by atoms with Gasteiger partial charge in [-0.2, -0.15) is 5.26 Å². The fourth-order valence-electron chi connectivity index (χ4n) is 1.39. The molecule has 2 aromatic rings. The monoisotopic (exact) mass is 199 g/mol. The van der Waals surface area contributed by atoms with Gasteiger partial charge in [-0.05, 0) is 23.3 Å². The summed E-state index contributed by atoms with van der Waals surface area (Å²) in [6.45, 7) is 1.77. The molecular formula is C13H13NO. The first-order valence-electron chi connectivity index (χ1n) is 4.71. The molecule has 1 N–H and O–H groups in total. The average Bonchev–Trinajstić information content (AvgIpc) is 2.30. The Bertz CT molecular complexity index is 466. The van der Waals surface area contributed by atoms with Crippen LogP contribution in [0.25, 0.3) is 10.8 Å². The summed E-state index contributed by atoms with van der Waals surface area (Å²) < 4.78 is 0. The molecule has 0 saturated carbocycles. The van der Waals surface area contributed by atoms with Gasteiger partial charge >= 0.3 is 0 Å². The first kappa shape index (κ1) is 11.2. The lowest BCUT2D eigenvalue weighted by molar-refractivity contribution is 0.348. The van der Waals surface area contributed by atoms with Gasteiger partial charge in [-0.3, -0.25) is 0 Å². The molecule has 0 heterocycles. The number of nitriles is 1. The van der Waals surface area contributed by atoms with E-state index in [-0.39, 0.29) is 6.61 Å². The SMILES string of the molecule is Cc1cccc2ccccc12.N#CCO. The van der Waals surface area contributed by atoms with Crippen LogP contribution in [0.15, 0.2) is 42.5 Å². The molecule has 0 fully saturated rings. The van der Waals surface area contributed by atoms with Crippen LogP contribution in [0.5, 0.6) is 0 Å². The van der Waals surface area contributed by atoms with Gasteiger partial charge in [0, 0.05) is 0 Å². The summed E-state index contributed by atoms with van der Waals surface area (Å²) in [5.74, 6) is 0. The molecule has 2 heteroatoms. The summed E-state index contributed by atoms with van der Waals surface area (Å²) in [5.41, 5.74) is 1.35. The molecule has 0 saturated heterocycles. The zero-order valence-electron chi connectivity index (χ0n) is 8.64. The van der Waals surface area contributed by atoms with Crippen molar-refractivity contribution in [3.05, 3.63) is 48.0 Å². The maximum Gasteiger partial charge on any atom is 0.130 e. The highest BCUT2D eigenvalue weighted by Crippen LogP contribution is 2.16. The van der Waals surface area contributed by atoms with Gasteiger partial charge < -0.3 is 5.11 Å². The fraction of sp³-hybridized carbons (Fsp3) is 0.154. The lowest BCUT2D eigenvalue weighted by atomic mass is 10.1. The molecular weight excluding hydrogens is 186 g/mol.